The molecule has 0 saturated heterocycles. The third-order valence-electron chi connectivity index (χ3n) is 5.11. The van der Waals surface area contributed by atoms with E-state index in [1.54, 1.807) is 0 Å². The average Bonchev–Trinajstić information content (AvgIpc) is 3.26. The second-order valence-electron chi connectivity index (χ2n) is 6.98. The summed E-state index contributed by atoms with van der Waals surface area (Å²) in [6.07, 6.45) is 3.73. The summed E-state index contributed by atoms with van der Waals surface area (Å²) in [4.78, 5) is 15.6. The van der Waals surface area contributed by atoms with Gasteiger partial charge in [0.25, 0.3) is 5.91 Å². The summed E-state index contributed by atoms with van der Waals surface area (Å²) in [7, 11) is 0. The number of hydrogen-bond donors (Lipinski definition) is 2. The van der Waals surface area contributed by atoms with Crippen molar-refractivity contribution in [2.75, 3.05) is 18.4 Å². The Balaban J connectivity index is 1.47. The molecule has 4 rings (SSSR count). The number of benzene rings is 1. The molecule has 2 atom stereocenters. The Kier molecular flexibility index (Phi) is 4.50. The highest BCUT2D eigenvalue weighted by atomic mass is 79.9. The summed E-state index contributed by atoms with van der Waals surface area (Å²) in [6, 6.07) is 8.84. The molecule has 0 radical (unpaired) electrons. The van der Waals surface area contributed by atoms with Crippen LogP contribution in [0, 0.1) is 12.8 Å². The first-order valence-electron chi connectivity index (χ1n) is 8.58. The lowest BCUT2D eigenvalue weighted by Gasteiger charge is -2.32. The van der Waals surface area contributed by atoms with Gasteiger partial charge < -0.3 is 10.2 Å². The van der Waals surface area contributed by atoms with Gasteiger partial charge in [-0.3, -0.25) is 4.79 Å². The SMILES string of the molecule is Cc1ccc(NC(=O)C[NH+]2CCc3sccc3[C@H]2C2CC2)c(Br)c1. The number of hydrogen-bond acceptors (Lipinski definition) is 2. The molecule has 1 aromatic carbocycles. The quantitative estimate of drug-likeness (QED) is 0.803. The molecule has 1 aliphatic heterocycles. The lowest BCUT2D eigenvalue weighted by Crippen LogP contribution is -3.14. The Hall–Kier alpha value is -1.17. The molecule has 1 fully saturated rings. The van der Waals surface area contributed by atoms with Crippen LogP contribution in [-0.4, -0.2) is 19.0 Å². The van der Waals surface area contributed by atoms with Gasteiger partial charge in [0.05, 0.1) is 12.2 Å². The molecule has 5 heteroatoms. The highest BCUT2D eigenvalue weighted by Gasteiger charge is 2.43. The van der Waals surface area contributed by atoms with E-state index in [-0.39, 0.29) is 5.91 Å². The largest absolute Gasteiger partial charge is 0.320 e. The standard InChI is InChI=1S/C19H21BrN2OS/c1-12-2-5-16(15(20)10-12)21-18(23)11-22-8-6-17-14(7-9-24-17)19(22)13-3-4-13/h2,5,7,9-10,13,19H,3-4,6,8,11H2,1H3,(H,21,23)/p+1/t19-/m1/s1. The molecule has 1 aliphatic carbocycles. The summed E-state index contributed by atoms with van der Waals surface area (Å²) in [6.45, 7) is 3.67. The van der Waals surface area contributed by atoms with Crippen molar-refractivity contribution in [3.05, 3.63) is 50.1 Å². The van der Waals surface area contributed by atoms with Gasteiger partial charge in [-0.1, -0.05) is 6.07 Å². The first-order valence-corrected chi connectivity index (χ1v) is 10.3. The Morgan fingerprint density at radius 2 is 2.21 bits per heavy atom. The molecule has 0 bridgehead atoms. The summed E-state index contributed by atoms with van der Waals surface area (Å²) in [5.41, 5.74) is 3.55. The molecule has 0 spiro atoms. The van der Waals surface area contributed by atoms with Crippen LogP contribution in [0.5, 0.6) is 0 Å². The van der Waals surface area contributed by atoms with E-state index in [0.29, 0.717) is 12.6 Å². The van der Waals surface area contributed by atoms with Gasteiger partial charge in [-0.2, -0.15) is 0 Å². The lowest BCUT2D eigenvalue weighted by molar-refractivity contribution is -0.928. The van der Waals surface area contributed by atoms with E-state index >= 15 is 0 Å². The Labute approximate surface area is 155 Å². The normalized spacial score (nSPS) is 22.9. The second-order valence-corrected chi connectivity index (χ2v) is 8.84. The maximum Gasteiger partial charge on any atom is 0.279 e. The number of carbonyl (C=O) groups is 1. The van der Waals surface area contributed by atoms with E-state index in [9.17, 15) is 4.79 Å². The molecular weight excluding hydrogens is 384 g/mol. The number of amides is 1. The van der Waals surface area contributed by atoms with E-state index in [0.717, 1.165) is 29.0 Å². The fraction of sp³-hybridized carbons (Fsp3) is 0.421. The predicted octanol–water partition coefficient (Wildman–Crippen LogP) is 3.35. The van der Waals surface area contributed by atoms with Crippen molar-refractivity contribution in [3.8, 4) is 0 Å². The van der Waals surface area contributed by atoms with Crippen LogP contribution in [0.15, 0.2) is 34.1 Å². The van der Waals surface area contributed by atoms with E-state index in [1.807, 2.05) is 36.5 Å². The third-order valence-corrected chi connectivity index (χ3v) is 6.76. The molecule has 126 valence electrons. The van der Waals surface area contributed by atoms with Gasteiger partial charge in [-0.25, -0.2) is 0 Å². The first-order chi connectivity index (χ1) is 11.6. The second kappa shape index (κ2) is 6.62. The number of quaternary nitrogens is 1. The van der Waals surface area contributed by atoms with E-state index < -0.39 is 0 Å². The highest BCUT2D eigenvalue weighted by Crippen LogP contribution is 2.42. The van der Waals surface area contributed by atoms with Gasteiger partial charge in [-0.15, -0.1) is 11.3 Å². The Morgan fingerprint density at radius 1 is 1.38 bits per heavy atom. The molecule has 3 nitrogen and oxygen atoms in total. The minimum atomic E-state index is 0.110. The van der Waals surface area contributed by atoms with E-state index in [4.69, 9.17) is 0 Å². The summed E-state index contributed by atoms with van der Waals surface area (Å²) in [5.74, 6) is 0.881. The third kappa shape index (κ3) is 3.30. The molecule has 1 unspecified atom stereocenters. The fourth-order valence-corrected chi connectivity index (χ4v) is 5.34. The van der Waals surface area contributed by atoms with Gasteiger partial charge in [0, 0.05) is 27.3 Å². The smallest absolute Gasteiger partial charge is 0.279 e. The van der Waals surface area contributed by atoms with E-state index in [1.165, 1.54) is 33.7 Å². The van der Waals surface area contributed by atoms with Crippen LogP contribution in [0.2, 0.25) is 0 Å². The van der Waals surface area contributed by atoms with Crippen LogP contribution in [0.3, 0.4) is 0 Å². The topological polar surface area (TPSA) is 33.5 Å². The summed E-state index contributed by atoms with van der Waals surface area (Å²) < 4.78 is 0.948. The number of rotatable bonds is 4. The molecule has 2 heterocycles. The Morgan fingerprint density at radius 3 is 2.96 bits per heavy atom. The van der Waals surface area contributed by atoms with Gasteiger partial charge in [0.15, 0.2) is 6.54 Å². The number of anilines is 1. The molecule has 2 aromatic rings. The van der Waals surface area contributed by atoms with Crippen molar-refractivity contribution in [3.63, 3.8) is 0 Å². The van der Waals surface area contributed by atoms with Crippen molar-refractivity contribution in [2.24, 2.45) is 5.92 Å². The molecule has 1 aromatic heterocycles. The molecule has 2 aliphatic rings. The molecular formula is C19H22BrN2OS+. The zero-order valence-corrected chi connectivity index (χ0v) is 16.2. The molecule has 24 heavy (non-hydrogen) atoms. The lowest BCUT2D eigenvalue weighted by atomic mass is 9.96. The average molecular weight is 406 g/mol. The predicted molar refractivity (Wildman–Crippen MR) is 102 cm³/mol. The van der Waals surface area contributed by atoms with Crippen molar-refractivity contribution in [1.82, 2.24) is 0 Å². The summed E-state index contributed by atoms with van der Waals surface area (Å²) in [5, 5.41) is 5.29. The van der Waals surface area contributed by atoms with Crippen LogP contribution in [-0.2, 0) is 11.2 Å². The maximum atomic E-state index is 12.6. The van der Waals surface area contributed by atoms with Crippen LogP contribution in [0.4, 0.5) is 5.69 Å². The minimum absolute atomic E-state index is 0.110. The molecule has 2 N–H and O–H groups in total. The van der Waals surface area contributed by atoms with Crippen molar-refractivity contribution in [2.45, 2.75) is 32.2 Å². The van der Waals surface area contributed by atoms with Crippen LogP contribution in [0.25, 0.3) is 0 Å². The van der Waals surface area contributed by atoms with Gasteiger partial charge in [-0.05, 0) is 64.8 Å². The maximum absolute atomic E-state index is 12.6. The highest BCUT2D eigenvalue weighted by molar-refractivity contribution is 9.10. The van der Waals surface area contributed by atoms with Crippen molar-refractivity contribution < 1.29 is 9.69 Å². The Bertz CT molecular complexity index is 768. The number of nitrogens with one attached hydrogen (secondary N) is 2. The molecule has 1 saturated carbocycles. The van der Waals surface area contributed by atoms with Crippen molar-refractivity contribution in [1.29, 1.82) is 0 Å². The van der Waals surface area contributed by atoms with Crippen LogP contribution in [0.1, 0.15) is 34.9 Å². The monoisotopic (exact) mass is 405 g/mol. The zero-order valence-electron chi connectivity index (χ0n) is 13.8. The number of fused-ring (bicyclic) bond motifs is 1. The van der Waals surface area contributed by atoms with Crippen molar-refractivity contribution >= 4 is 38.9 Å². The minimum Gasteiger partial charge on any atom is -0.320 e. The van der Waals surface area contributed by atoms with Gasteiger partial charge >= 0.3 is 0 Å². The van der Waals surface area contributed by atoms with Crippen LogP contribution < -0.4 is 10.2 Å². The number of aryl methyl sites for hydroxylation is 1. The zero-order chi connectivity index (χ0) is 16.7. The van der Waals surface area contributed by atoms with E-state index in [2.05, 4.69) is 32.7 Å². The first kappa shape index (κ1) is 16.3. The number of halogens is 1. The fourth-order valence-electron chi connectivity index (χ4n) is 3.82. The van der Waals surface area contributed by atoms with Gasteiger partial charge in [0.2, 0.25) is 0 Å². The molecule has 1 amide bonds. The van der Waals surface area contributed by atoms with Gasteiger partial charge in [0.1, 0.15) is 6.04 Å². The number of carbonyl (C=O) groups excluding carboxylic acids is 1. The van der Waals surface area contributed by atoms with Crippen LogP contribution >= 0.6 is 27.3 Å². The summed E-state index contributed by atoms with van der Waals surface area (Å²) >= 11 is 5.42. The number of thiophene rings is 1.